The molecule has 1 N–H and O–H groups in total. The van der Waals surface area contributed by atoms with E-state index in [0.29, 0.717) is 0 Å². The monoisotopic (exact) mass is 253 g/mol. The third-order valence-electron chi connectivity index (χ3n) is 2.74. The minimum Gasteiger partial charge on any atom is -0.317 e. The molecule has 0 bridgehead atoms. The highest BCUT2D eigenvalue weighted by atomic mass is 14.8. The van der Waals surface area contributed by atoms with Gasteiger partial charge in [-0.2, -0.15) is 0 Å². The normalized spacial score (nSPS) is 9.37. The lowest BCUT2D eigenvalue weighted by Gasteiger charge is -2.04. The van der Waals surface area contributed by atoms with Gasteiger partial charge in [0.05, 0.1) is 0 Å². The molecule has 1 nitrogen and oxygen atoms in total. The van der Waals surface area contributed by atoms with Crippen LogP contribution in [-0.2, 0) is 0 Å². The van der Waals surface area contributed by atoms with Crippen LogP contribution in [0.2, 0.25) is 0 Å². The third-order valence-corrected chi connectivity index (χ3v) is 2.74. The molecule has 2 rings (SSSR count). The van der Waals surface area contributed by atoms with Crippen LogP contribution in [0.5, 0.6) is 0 Å². The number of nitrogens with one attached hydrogen (secondary N) is 1. The quantitative estimate of drug-likeness (QED) is 0.853. The maximum Gasteiger partial charge on any atom is -0.00775 e. The third kappa shape index (κ3) is 5.54. The summed E-state index contributed by atoms with van der Waals surface area (Å²) in [6, 6.07) is 20.5. The Hall–Kier alpha value is -1.86. The smallest absolute Gasteiger partial charge is 0.00775 e. The fourth-order valence-electron chi connectivity index (χ4n) is 1.70. The fourth-order valence-corrected chi connectivity index (χ4v) is 1.70. The first-order valence-corrected chi connectivity index (χ1v) is 6.80. The Morgan fingerprint density at radius 1 is 0.789 bits per heavy atom. The van der Waals surface area contributed by atoms with Crippen molar-refractivity contribution in [3.05, 3.63) is 78.4 Å². The average Bonchev–Trinajstić information content (AvgIpc) is 2.50. The maximum absolute atomic E-state index is 4.10. The molecule has 0 aromatic heterocycles. The summed E-state index contributed by atoms with van der Waals surface area (Å²) in [7, 11) is 0. The number of hydrogen-bond donors (Lipinski definition) is 1. The van der Waals surface area contributed by atoms with Crippen LogP contribution in [0, 0.1) is 0 Å². The van der Waals surface area contributed by atoms with Gasteiger partial charge in [0.25, 0.3) is 0 Å². The van der Waals surface area contributed by atoms with E-state index in [1.54, 1.807) is 0 Å². The minimum absolute atomic E-state index is 1.08. The van der Waals surface area contributed by atoms with E-state index in [9.17, 15) is 0 Å². The molecule has 19 heavy (non-hydrogen) atoms. The zero-order valence-electron chi connectivity index (χ0n) is 11.9. The van der Waals surface area contributed by atoms with E-state index in [2.05, 4.69) is 50.0 Å². The number of rotatable bonds is 4. The molecule has 0 spiro atoms. The van der Waals surface area contributed by atoms with Gasteiger partial charge in [0.1, 0.15) is 0 Å². The van der Waals surface area contributed by atoms with Crippen molar-refractivity contribution in [3.8, 4) is 0 Å². The predicted molar refractivity (Wildman–Crippen MR) is 85.2 cm³/mol. The van der Waals surface area contributed by atoms with Gasteiger partial charge in [0, 0.05) is 0 Å². The molecule has 0 atom stereocenters. The molecule has 0 saturated heterocycles. The summed E-state index contributed by atoms with van der Waals surface area (Å²) in [6.45, 7) is 10.5. The van der Waals surface area contributed by atoms with Crippen LogP contribution in [0.1, 0.15) is 25.0 Å². The van der Waals surface area contributed by atoms with Gasteiger partial charge in [-0.05, 0) is 29.8 Å². The van der Waals surface area contributed by atoms with E-state index in [1.807, 2.05) is 36.4 Å². The van der Waals surface area contributed by atoms with Crippen molar-refractivity contribution in [2.24, 2.45) is 0 Å². The lowest BCUT2D eigenvalue weighted by molar-refractivity contribution is 0.762. The highest BCUT2D eigenvalue weighted by molar-refractivity contribution is 5.77. The fraction of sp³-hybridized carbons (Fsp3) is 0.222. The van der Waals surface area contributed by atoms with Crippen LogP contribution < -0.4 is 5.32 Å². The summed E-state index contributed by atoms with van der Waals surface area (Å²) in [4.78, 5) is 0. The van der Waals surface area contributed by atoms with E-state index in [4.69, 9.17) is 0 Å². The van der Waals surface area contributed by atoms with Crippen LogP contribution in [0.15, 0.2) is 67.2 Å². The summed E-state index contributed by atoms with van der Waals surface area (Å²) in [5, 5.41) is 3.11. The summed E-state index contributed by atoms with van der Waals surface area (Å²) in [5.41, 5.74) is 3.43. The summed E-state index contributed by atoms with van der Waals surface area (Å²) in [6.07, 6.45) is 0. The second-order valence-corrected chi connectivity index (χ2v) is 4.17. The lowest BCUT2D eigenvalue weighted by atomic mass is 10.0. The van der Waals surface area contributed by atoms with Crippen molar-refractivity contribution in [2.45, 2.75) is 13.8 Å². The maximum atomic E-state index is 4.10. The molecule has 2 aromatic carbocycles. The van der Waals surface area contributed by atoms with E-state index in [-0.39, 0.29) is 0 Å². The topological polar surface area (TPSA) is 12.0 Å². The van der Waals surface area contributed by atoms with Crippen LogP contribution in [-0.4, -0.2) is 13.1 Å². The van der Waals surface area contributed by atoms with E-state index >= 15 is 0 Å². The highest BCUT2D eigenvalue weighted by Gasteiger charge is 1.99. The summed E-state index contributed by atoms with van der Waals surface area (Å²) in [5.74, 6) is 0. The van der Waals surface area contributed by atoms with Crippen molar-refractivity contribution in [3.63, 3.8) is 0 Å². The van der Waals surface area contributed by atoms with Gasteiger partial charge in [-0.25, -0.2) is 0 Å². The van der Waals surface area contributed by atoms with E-state index in [1.165, 1.54) is 11.1 Å². The molecule has 0 aliphatic heterocycles. The number of hydrogen-bond acceptors (Lipinski definition) is 1. The zero-order valence-corrected chi connectivity index (χ0v) is 11.9. The molecular formula is C18H23N. The Labute approximate surface area is 117 Å². The van der Waals surface area contributed by atoms with Crippen molar-refractivity contribution >= 4 is 5.57 Å². The van der Waals surface area contributed by atoms with Gasteiger partial charge in [-0.15, -0.1) is 0 Å². The Balaban J connectivity index is 0.000000312. The number of benzene rings is 2. The molecule has 0 amide bonds. The molecule has 0 fully saturated rings. The second kappa shape index (κ2) is 9.12. The van der Waals surface area contributed by atoms with E-state index < -0.39 is 0 Å². The minimum atomic E-state index is 1.08. The predicted octanol–water partition coefficient (Wildman–Crippen LogP) is 4.36. The lowest BCUT2D eigenvalue weighted by Crippen LogP contribution is -2.09. The van der Waals surface area contributed by atoms with Gasteiger partial charge in [0.15, 0.2) is 0 Å². The standard InChI is InChI=1S/C14H12.C4H11N/c1-12(13-8-4-2-5-9-13)14-10-6-3-7-11-14;1-3-5-4-2/h2-11H,1H2;5H,3-4H2,1-2H3. The first kappa shape index (κ1) is 15.2. The molecule has 2 aromatic rings. The molecule has 1 heteroatoms. The Morgan fingerprint density at radius 3 is 1.42 bits per heavy atom. The van der Waals surface area contributed by atoms with Crippen LogP contribution in [0.4, 0.5) is 0 Å². The Morgan fingerprint density at radius 2 is 1.16 bits per heavy atom. The van der Waals surface area contributed by atoms with Crippen molar-refractivity contribution in [1.29, 1.82) is 0 Å². The van der Waals surface area contributed by atoms with Gasteiger partial charge < -0.3 is 5.32 Å². The Bertz CT molecular complexity index is 416. The van der Waals surface area contributed by atoms with Gasteiger partial charge in [0.2, 0.25) is 0 Å². The van der Waals surface area contributed by atoms with E-state index in [0.717, 1.165) is 18.7 Å². The zero-order chi connectivity index (χ0) is 13.9. The molecule has 0 heterocycles. The highest BCUT2D eigenvalue weighted by Crippen LogP contribution is 2.20. The van der Waals surface area contributed by atoms with Crippen molar-refractivity contribution in [1.82, 2.24) is 5.32 Å². The second-order valence-electron chi connectivity index (χ2n) is 4.17. The van der Waals surface area contributed by atoms with Gasteiger partial charge in [-0.1, -0.05) is 81.1 Å². The average molecular weight is 253 g/mol. The molecule has 0 saturated carbocycles. The van der Waals surface area contributed by atoms with Crippen molar-refractivity contribution < 1.29 is 0 Å². The van der Waals surface area contributed by atoms with Crippen LogP contribution in [0.25, 0.3) is 5.57 Å². The molecular weight excluding hydrogens is 230 g/mol. The van der Waals surface area contributed by atoms with Crippen molar-refractivity contribution in [2.75, 3.05) is 13.1 Å². The first-order chi connectivity index (χ1) is 9.29. The van der Waals surface area contributed by atoms with Gasteiger partial charge >= 0.3 is 0 Å². The molecule has 0 radical (unpaired) electrons. The SMILES string of the molecule is C=C(c1ccccc1)c1ccccc1.CCNCC. The molecule has 0 aliphatic carbocycles. The first-order valence-electron chi connectivity index (χ1n) is 6.80. The summed E-state index contributed by atoms with van der Waals surface area (Å²) >= 11 is 0. The largest absolute Gasteiger partial charge is 0.317 e. The van der Waals surface area contributed by atoms with Crippen LogP contribution >= 0.6 is 0 Å². The van der Waals surface area contributed by atoms with Gasteiger partial charge in [-0.3, -0.25) is 0 Å². The molecule has 0 aliphatic rings. The molecule has 100 valence electrons. The molecule has 0 unspecified atom stereocenters. The van der Waals surface area contributed by atoms with Crippen LogP contribution in [0.3, 0.4) is 0 Å². The summed E-state index contributed by atoms with van der Waals surface area (Å²) < 4.78 is 0. The Kier molecular flexibility index (Phi) is 7.30.